The molecule has 2 N–H and O–H groups in total. The van der Waals surface area contributed by atoms with Gasteiger partial charge in [0.1, 0.15) is 11.9 Å². The van der Waals surface area contributed by atoms with Crippen molar-refractivity contribution in [3.63, 3.8) is 0 Å². The average molecular weight is 458 g/mol. The number of nitrogens with one attached hydrogen (secondary N) is 2. The van der Waals surface area contributed by atoms with Crippen LogP contribution in [0.1, 0.15) is 23.2 Å². The number of amides is 2. The third-order valence-electron chi connectivity index (χ3n) is 5.28. The molecule has 2 saturated heterocycles. The van der Waals surface area contributed by atoms with Crippen molar-refractivity contribution < 1.29 is 19.1 Å². The second-order valence-electron chi connectivity index (χ2n) is 7.61. The number of rotatable bonds is 7. The van der Waals surface area contributed by atoms with Gasteiger partial charge in [0, 0.05) is 31.1 Å². The van der Waals surface area contributed by atoms with E-state index in [1.165, 1.54) is 18.5 Å². The monoisotopic (exact) mass is 457 g/mol. The lowest BCUT2D eigenvalue weighted by molar-refractivity contribution is -0.111. The van der Waals surface area contributed by atoms with Gasteiger partial charge in [-0.2, -0.15) is 0 Å². The highest BCUT2D eigenvalue weighted by molar-refractivity contribution is 6.30. The standard InChI is InChI=1S/C22H24ClN5O4/c1-2-20(29)27-18-4-3-14(9-19(18)32-17-6-8-31-13-17)21(30)28-7-5-16(12-28)26-22-24-10-15(23)11-25-22/h2-4,9-11,16-17H,1,5-8,12-13H2,(H,27,29)(H,24,25,26). The molecule has 2 atom stereocenters. The van der Waals surface area contributed by atoms with Gasteiger partial charge in [0.15, 0.2) is 0 Å². The molecule has 3 heterocycles. The molecule has 0 aliphatic carbocycles. The summed E-state index contributed by atoms with van der Waals surface area (Å²) in [5.74, 6) is 0.449. The number of aromatic nitrogens is 2. The van der Waals surface area contributed by atoms with Crippen molar-refractivity contribution in [1.82, 2.24) is 14.9 Å². The molecule has 2 aliphatic rings. The van der Waals surface area contributed by atoms with Crippen molar-refractivity contribution in [3.8, 4) is 5.75 Å². The summed E-state index contributed by atoms with van der Waals surface area (Å²) < 4.78 is 11.4. The first-order valence-electron chi connectivity index (χ1n) is 10.4. The van der Waals surface area contributed by atoms with Gasteiger partial charge in [-0.3, -0.25) is 9.59 Å². The lowest BCUT2D eigenvalue weighted by Crippen LogP contribution is -2.32. The first-order valence-corrected chi connectivity index (χ1v) is 10.7. The fourth-order valence-electron chi connectivity index (χ4n) is 3.64. The predicted molar refractivity (Wildman–Crippen MR) is 120 cm³/mol. The van der Waals surface area contributed by atoms with Crippen LogP contribution in [0.3, 0.4) is 0 Å². The predicted octanol–water partition coefficient (Wildman–Crippen LogP) is 2.75. The molecule has 2 fully saturated rings. The Morgan fingerprint density at radius 1 is 1.28 bits per heavy atom. The van der Waals surface area contributed by atoms with Crippen LogP contribution in [0.15, 0.2) is 43.2 Å². The maximum absolute atomic E-state index is 13.1. The molecule has 168 valence electrons. The number of hydrogen-bond donors (Lipinski definition) is 2. The highest BCUT2D eigenvalue weighted by Crippen LogP contribution is 2.30. The second kappa shape index (κ2) is 9.97. The number of likely N-dealkylation sites (tertiary alicyclic amines) is 1. The maximum Gasteiger partial charge on any atom is 0.254 e. The molecule has 10 heteroatoms. The minimum Gasteiger partial charge on any atom is -0.486 e. The normalized spacial score (nSPS) is 20.1. The van der Waals surface area contributed by atoms with E-state index in [-0.39, 0.29) is 24.0 Å². The molecular formula is C22H24ClN5O4. The van der Waals surface area contributed by atoms with E-state index in [9.17, 15) is 9.59 Å². The van der Waals surface area contributed by atoms with Crippen LogP contribution >= 0.6 is 11.6 Å². The molecule has 0 saturated carbocycles. The van der Waals surface area contributed by atoms with Gasteiger partial charge >= 0.3 is 0 Å². The molecule has 2 amide bonds. The van der Waals surface area contributed by atoms with Crippen LogP contribution < -0.4 is 15.4 Å². The van der Waals surface area contributed by atoms with Crippen molar-refractivity contribution in [2.45, 2.75) is 25.0 Å². The fraction of sp³-hybridized carbons (Fsp3) is 0.364. The number of hydrogen-bond acceptors (Lipinski definition) is 7. The molecule has 2 aliphatic heterocycles. The fourth-order valence-corrected chi connectivity index (χ4v) is 3.74. The van der Waals surface area contributed by atoms with Crippen molar-refractivity contribution >= 4 is 35.1 Å². The zero-order valence-corrected chi connectivity index (χ0v) is 18.2. The van der Waals surface area contributed by atoms with Crippen molar-refractivity contribution in [1.29, 1.82) is 0 Å². The molecule has 1 aromatic carbocycles. The maximum atomic E-state index is 13.1. The van der Waals surface area contributed by atoms with E-state index in [0.29, 0.717) is 54.3 Å². The molecule has 9 nitrogen and oxygen atoms in total. The van der Waals surface area contributed by atoms with Crippen molar-refractivity contribution in [3.05, 3.63) is 53.8 Å². The summed E-state index contributed by atoms with van der Waals surface area (Å²) in [5, 5.41) is 6.42. The van der Waals surface area contributed by atoms with Crippen LogP contribution in [0, 0.1) is 0 Å². The van der Waals surface area contributed by atoms with E-state index in [1.54, 1.807) is 23.1 Å². The number of nitrogens with zero attached hydrogens (tertiary/aromatic N) is 3. The van der Waals surface area contributed by atoms with E-state index in [0.717, 1.165) is 12.8 Å². The first kappa shape index (κ1) is 22.0. The highest BCUT2D eigenvalue weighted by atomic mass is 35.5. The average Bonchev–Trinajstić information content (AvgIpc) is 3.48. The van der Waals surface area contributed by atoms with Gasteiger partial charge in [-0.25, -0.2) is 9.97 Å². The molecule has 0 bridgehead atoms. The molecule has 1 aromatic heterocycles. The summed E-state index contributed by atoms with van der Waals surface area (Å²) in [4.78, 5) is 35.0. The molecular weight excluding hydrogens is 434 g/mol. The third kappa shape index (κ3) is 5.35. The van der Waals surface area contributed by atoms with E-state index in [4.69, 9.17) is 21.1 Å². The van der Waals surface area contributed by atoms with Gasteiger partial charge in [0.2, 0.25) is 11.9 Å². The lowest BCUT2D eigenvalue weighted by Gasteiger charge is -2.20. The smallest absolute Gasteiger partial charge is 0.254 e. The Morgan fingerprint density at radius 3 is 2.81 bits per heavy atom. The van der Waals surface area contributed by atoms with Crippen LogP contribution in [0.4, 0.5) is 11.6 Å². The Balaban J connectivity index is 1.45. The molecule has 2 aromatic rings. The minimum atomic E-state index is -0.352. The summed E-state index contributed by atoms with van der Waals surface area (Å²) in [6.07, 6.45) is 5.63. The highest BCUT2D eigenvalue weighted by Gasteiger charge is 2.28. The summed E-state index contributed by atoms with van der Waals surface area (Å²) >= 11 is 5.82. The summed E-state index contributed by atoms with van der Waals surface area (Å²) in [7, 11) is 0. The van der Waals surface area contributed by atoms with E-state index in [1.807, 2.05) is 0 Å². The number of halogens is 1. The van der Waals surface area contributed by atoms with E-state index >= 15 is 0 Å². The van der Waals surface area contributed by atoms with Gasteiger partial charge in [-0.15, -0.1) is 0 Å². The van der Waals surface area contributed by atoms with E-state index < -0.39 is 0 Å². The van der Waals surface area contributed by atoms with Crippen LogP contribution in [-0.4, -0.2) is 65.1 Å². The van der Waals surface area contributed by atoms with Gasteiger partial charge < -0.3 is 25.0 Å². The summed E-state index contributed by atoms with van der Waals surface area (Å²) in [6, 6.07) is 5.06. The van der Waals surface area contributed by atoms with Gasteiger partial charge in [-0.05, 0) is 30.7 Å². The Morgan fingerprint density at radius 2 is 2.09 bits per heavy atom. The molecule has 4 rings (SSSR count). The van der Waals surface area contributed by atoms with Crippen LogP contribution in [0.2, 0.25) is 5.02 Å². The molecule has 0 spiro atoms. The van der Waals surface area contributed by atoms with Gasteiger partial charge in [0.25, 0.3) is 5.91 Å². The third-order valence-corrected chi connectivity index (χ3v) is 5.48. The van der Waals surface area contributed by atoms with Gasteiger partial charge in [-0.1, -0.05) is 18.2 Å². The Bertz CT molecular complexity index is 994. The summed E-state index contributed by atoms with van der Waals surface area (Å²) in [5.41, 5.74) is 0.970. The number of anilines is 2. The number of carbonyl (C=O) groups is 2. The van der Waals surface area contributed by atoms with Crippen molar-refractivity contribution in [2.75, 3.05) is 36.9 Å². The Kier molecular flexibility index (Phi) is 6.87. The molecule has 2 unspecified atom stereocenters. The van der Waals surface area contributed by atoms with Crippen LogP contribution in [-0.2, 0) is 9.53 Å². The van der Waals surface area contributed by atoms with E-state index in [2.05, 4.69) is 27.2 Å². The minimum absolute atomic E-state index is 0.0395. The number of benzene rings is 1. The van der Waals surface area contributed by atoms with Crippen LogP contribution in [0.5, 0.6) is 5.75 Å². The number of ether oxygens (including phenoxy) is 2. The van der Waals surface area contributed by atoms with Crippen molar-refractivity contribution in [2.24, 2.45) is 0 Å². The zero-order valence-electron chi connectivity index (χ0n) is 17.4. The molecule has 32 heavy (non-hydrogen) atoms. The topological polar surface area (TPSA) is 106 Å². The first-order chi connectivity index (χ1) is 15.5. The van der Waals surface area contributed by atoms with Gasteiger partial charge in [0.05, 0.1) is 36.3 Å². The largest absolute Gasteiger partial charge is 0.486 e. The summed E-state index contributed by atoms with van der Waals surface area (Å²) in [6.45, 7) is 5.69. The SMILES string of the molecule is C=CC(=O)Nc1ccc(C(=O)N2CCC(Nc3ncc(Cl)cn3)C2)cc1OC1CCOC1. The second-order valence-corrected chi connectivity index (χ2v) is 8.05. The van der Waals surface area contributed by atoms with Crippen LogP contribution in [0.25, 0.3) is 0 Å². The molecule has 0 radical (unpaired) electrons. The Labute approximate surface area is 190 Å². The number of carbonyl (C=O) groups excluding carboxylic acids is 2. The lowest BCUT2D eigenvalue weighted by atomic mass is 10.1. The zero-order chi connectivity index (χ0) is 22.5. The quantitative estimate of drug-likeness (QED) is 0.616. The Hall–Kier alpha value is -3.17.